The maximum absolute atomic E-state index is 6.32. The second-order valence-corrected chi connectivity index (χ2v) is 10.6. The summed E-state index contributed by atoms with van der Waals surface area (Å²) in [5, 5.41) is 6.16. The van der Waals surface area contributed by atoms with Crippen molar-refractivity contribution in [3.63, 3.8) is 0 Å². The third kappa shape index (κ3) is 3.65. The molecular weight excluding hydrogens is 530 g/mol. The molecule has 43 heavy (non-hydrogen) atoms. The topological polar surface area (TPSA) is 55.3 Å². The summed E-state index contributed by atoms with van der Waals surface area (Å²) in [6.45, 7) is 0. The molecule has 0 radical (unpaired) electrons. The average Bonchev–Trinajstić information content (AvgIpc) is 3.64. The normalized spacial score (nSPS) is 11.7. The molecule has 0 bridgehead atoms. The van der Waals surface area contributed by atoms with Gasteiger partial charge in [-0.05, 0) is 58.3 Å². The predicted molar refractivity (Wildman–Crippen MR) is 174 cm³/mol. The van der Waals surface area contributed by atoms with Crippen molar-refractivity contribution >= 4 is 72.0 Å². The van der Waals surface area contributed by atoms with Crippen LogP contribution in [-0.4, -0.2) is 9.97 Å². The Balaban J connectivity index is 1.43. The first kappa shape index (κ1) is 23.7. The number of aromatic nitrogens is 2. The van der Waals surface area contributed by atoms with Gasteiger partial charge >= 0.3 is 0 Å². The number of nitrogens with zero attached hydrogens (tertiary/aromatic N) is 3. The van der Waals surface area contributed by atoms with Crippen LogP contribution in [0.2, 0.25) is 0 Å². The highest BCUT2D eigenvalue weighted by molar-refractivity contribution is 6.16. The van der Waals surface area contributed by atoms with Gasteiger partial charge in [-0.15, -0.1) is 0 Å². The summed E-state index contributed by atoms with van der Waals surface area (Å²) in [6.07, 6.45) is 3.61. The molecule has 0 atom stereocenters. The highest BCUT2D eigenvalue weighted by atomic mass is 16.3. The van der Waals surface area contributed by atoms with Gasteiger partial charge in [0.2, 0.25) is 0 Å². The maximum atomic E-state index is 6.32. The van der Waals surface area contributed by atoms with Crippen molar-refractivity contribution in [2.45, 2.75) is 0 Å². The largest absolute Gasteiger partial charge is 0.456 e. The van der Waals surface area contributed by atoms with Crippen LogP contribution < -0.4 is 4.90 Å². The Kier molecular flexibility index (Phi) is 5.13. The fourth-order valence-corrected chi connectivity index (χ4v) is 6.27. The third-order valence-corrected chi connectivity index (χ3v) is 8.15. The van der Waals surface area contributed by atoms with Crippen molar-refractivity contribution in [3.8, 4) is 11.1 Å². The second kappa shape index (κ2) is 9.29. The molecule has 5 nitrogen and oxygen atoms in total. The van der Waals surface area contributed by atoms with E-state index in [9.17, 15) is 0 Å². The minimum Gasteiger partial charge on any atom is -0.456 e. The van der Waals surface area contributed by atoms with Gasteiger partial charge in [-0.1, -0.05) is 91.0 Å². The summed E-state index contributed by atoms with van der Waals surface area (Å²) in [4.78, 5) is 12.2. The second-order valence-electron chi connectivity index (χ2n) is 10.6. The molecule has 0 fully saturated rings. The van der Waals surface area contributed by atoms with Crippen LogP contribution in [0.4, 0.5) is 17.3 Å². The monoisotopic (exact) mass is 553 g/mol. The molecule has 0 spiro atoms. The van der Waals surface area contributed by atoms with E-state index in [4.69, 9.17) is 18.8 Å². The van der Waals surface area contributed by atoms with E-state index in [1.807, 2.05) is 54.6 Å². The smallest absolute Gasteiger partial charge is 0.150 e. The summed E-state index contributed by atoms with van der Waals surface area (Å²) in [7, 11) is 0. The lowest BCUT2D eigenvalue weighted by atomic mass is 9.97. The van der Waals surface area contributed by atoms with Crippen LogP contribution in [0.1, 0.15) is 0 Å². The molecule has 0 aliphatic rings. The molecule has 0 aliphatic heterocycles. The first-order valence-electron chi connectivity index (χ1n) is 14.2. The van der Waals surface area contributed by atoms with Gasteiger partial charge in [0.05, 0.1) is 16.5 Å². The van der Waals surface area contributed by atoms with E-state index < -0.39 is 0 Å². The van der Waals surface area contributed by atoms with E-state index in [0.717, 1.165) is 77.7 Å². The molecule has 0 amide bonds. The highest BCUT2D eigenvalue weighted by Crippen LogP contribution is 2.46. The van der Waals surface area contributed by atoms with Crippen molar-refractivity contribution in [2.24, 2.45) is 0 Å². The molecule has 0 N–H and O–H groups in total. The Morgan fingerprint density at radius 2 is 1.00 bits per heavy atom. The predicted octanol–water partition coefficient (Wildman–Crippen LogP) is 10.6. The molecule has 4 heterocycles. The van der Waals surface area contributed by atoms with Crippen LogP contribution in [0.15, 0.2) is 149 Å². The number of para-hydroxylation sites is 2. The molecule has 5 aromatic carbocycles. The van der Waals surface area contributed by atoms with Crippen LogP contribution in [-0.2, 0) is 0 Å². The average molecular weight is 554 g/mol. The first-order chi connectivity index (χ1) is 21.3. The molecule has 0 aliphatic carbocycles. The fourth-order valence-electron chi connectivity index (χ4n) is 6.27. The summed E-state index contributed by atoms with van der Waals surface area (Å²) in [6, 6.07) is 43.5. The minimum absolute atomic E-state index is 0.738. The zero-order chi connectivity index (χ0) is 28.3. The Labute approximate surface area is 246 Å². The zero-order valence-corrected chi connectivity index (χ0v) is 22.9. The van der Waals surface area contributed by atoms with Crippen molar-refractivity contribution in [1.82, 2.24) is 9.97 Å². The number of fused-ring (bicyclic) bond motifs is 7. The van der Waals surface area contributed by atoms with Gasteiger partial charge in [0.15, 0.2) is 11.6 Å². The van der Waals surface area contributed by atoms with E-state index in [0.29, 0.717) is 0 Å². The van der Waals surface area contributed by atoms with Crippen LogP contribution in [0.5, 0.6) is 0 Å². The van der Waals surface area contributed by atoms with Crippen molar-refractivity contribution in [1.29, 1.82) is 0 Å². The molecule has 9 aromatic rings. The molecule has 0 unspecified atom stereocenters. The van der Waals surface area contributed by atoms with Gasteiger partial charge in [0.25, 0.3) is 0 Å². The molecule has 0 saturated heterocycles. The summed E-state index contributed by atoms with van der Waals surface area (Å²) in [5.41, 5.74) is 6.37. The van der Waals surface area contributed by atoms with Gasteiger partial charge in [-0.25, -0.2) is 9.97 Å². The standard InChI is InChI=1S/C38H23N3O2/c1-2-10-24(11-3-1)30-23-26(22-25-12-4-5-13-27(25)30)41(37-35-28-14-6-8-16-31(28)42-33(35)18-20-39-37)38-36-29-15-7-9-17-32(29)43-34(36)19-21-40-38/h1-23H. The number of anilines is 3. The molecule has 4 aromatic heterocycles. The number of hydrogen-bond acceptors (Lipinski definition) is 5. The van der Waals surface area contributed by atoms with E-state index in [1.165, 1.54) is 5.39 Å². The van der Waals surface area contributed by atoms with Gasteiger partial charge < -0.3 is 8.83 Å². The van der Waals surface area contributed by atoms with Crippen LogP contribution in [0.3, 0.4) is 0 Å². The molecule has 0 saturated carbocycles. The zero-order valence-electron chi connectivity index (χ0n) is 22.9. The summed E-state index contributed by atoms with van der Waals surface area (Å²) in [5.74, 6) is 1.48. The quantitative estimate of drug-likeness (QED) is 0.217. The van der Waals surface area contributed by atoms with E-state index >= 15 is 0 Å². The lowest BCUT2D eigenvalue weighted by Gasteiger charge is -2.26. The van der Waals surface area contributed by atoms with E-state index in [2.05, 4.69) is 77.7 Å². The Hall–Kier alpha value is -5.94. The molecule has 9 rings (SSSR count). The minimum atomic E-state index is 0.738. The van der Waals surface area contributed by atoms with Crippen LogP contribution in [0.25, 0.3) is 65.8 Å². The highest BCUT2D eigenvalue weighted by Gasteiger charge is 2.26. The van der Waals surface area contributed by atoms with Gasteiger partial charge in [-0.2, -0.15) is 0 Å². The SMILES string of the molecule is c1ccc(-c2cc(N(c3nccc4oc5ccccc5c34)c3nccc4oc5ccccc5c34)cc3ccccc23)cc1. The Morgan fingerprint density at radius 1 is 0.465 bits per heavy atom. The van der Waals surface area contributed by atoms with Crippen molar-refractivity contribution < 1.29 is 8.83 Å². The van der Waals surface area contributed by atoms with E-state index in [1.54, 1.807) is 12.4 Å². The molecular formula is C38H23N3O2. The number of benzene rings is 5. The first-order valence-corrected chi connectivity index (χ1v) is 14.2. The number of rotatable bonds is 4. The third-order valence-electron chi connectivity index (χ3n) is 8.15. The lowest BCUT2D eigenvalue weighted by molar-refractivity contribution is 0.668. The lowest BCUT2D eigenvalue weighted by Crippen LogP contribution is -2.14. The van der Waals surface area contributed by atoms with Crippen molar-refractivity contribution in [3.05, 3.63) is 140 Å². The van der Waals surface area contributed by atoms with Crippen molar-refractivity contribution in [2.75, 3.05) is 4.90 Å². The summed E-state index contributed by atoms with van der Waals surface area (Å²) < 4.78 is 12.6. The Bertz CT molecular complexity index is 2360. The number of furan rings is 2. The fraction of sp³-hybridized carbons (Fsp3) is 0. The Morgan fingerprint density at radius 3 is 1.63 bits per heavy atom. The van der Waals surface area contributed by atoms with Crippen LogP contribution >= 0.6 is 0 Å². The maximum Gasteiger partial charge on any atom is 0.150 e. The van der Waals surface area contributed by atoms with Crippen LogP contribution in [0, 0.1) is 0 Å². The molecule has 202 valence electrons. The van der Waals surface area contributed by atoms with Gasteiger partial charge in [0, 0.05) is 23.2 Å². The van der Waals surface area contributed by atoms with Gasteiger partial charge in [0.1, 0.15) is 22.3 Å². The number of hydrogen-bond donors (Lipinski definition) is 0. The van der Waals surface area contributed by atoms with E-state index in [-0.39, 0.29) is 0 Å². The van der Waals surface area contributed by atoms with Gasteiger partial charge in [-0.3, -0.25) is 4.90 Å². The molecule has 5 heteroatoms. The summed E-state index contributed by atoms with van der Waals surface area (Å²) >= 11 is 0. The number of pyridine rings is 2.